The van der Waals surface area contributed by atoms with Crippen LogP contribution in [-0.4, -0.2) is 27.1 Å². The van der Waals surface area contributed by atoms with Gasteiger partial charge in [-0.15, -0.1) is 0 Å². The van der Waals surface area contributed by atoms with Gasteiger partial charge in [0.25, 0.3) is 0 Å². The van der Waals surface area contributed by atoms with E-state index in [1.807, 2.05) is 6.07 Å². The molecule has 0 radical (unpaired) electrons. The van der Waals surface area contributed by atoms with Crippen LogP contribution in [0.3, 0.4) is 0 Å². The Balaban J connectivity index is 2.11. The van der Waals surface area contributed by atoms with Crippen LogP contribution < -0.4 is 9.62 Å². The molecule has 0 saturated carbocycles. The Bertz CT molecular complexity index is 923. The van der Waals surface area contributed by atoms with Gasteiger partial charge in [-0.1, -0.05) is 29.8 Å². The molecule has 2 aromatic carbocycles. The second-order valence-corrected chi connectivity index (χ2v) is 7.61. The number of carbonyl (C=O) groups excluding carboxylic acids is 1. The monoisotopic (exact) mass is 377 g/mol. The summed E-state index contributed by atoms with van der Waals surface area (Å²) in [5.74, 6) is -0.390. The Morgan fingerprint density at radius 2 is 1.96 bits per heavy atom. The first-order chi connectivity index (χ1) is 11.8. The van der Waals surface area contributed by atoms with Gasteiger partial charge in [-0.05, 0) is 30.3 Å². The molecule has 0 aliphatic heterocycles. The molecule has 8 heteroatoms. The summed E-state index contributed by atoms with van der Waals surface area (Å²) in [5, 5.41) is 12.1. The first-order valence-corrected chi connectivity index (χ1v) is 9.56. The van der Waals surface area contributed by atoms with Crippen molar-refractivity contribution in [2.24, 2.45) is 0 Å². The number of anilines is 2. The number of nitrogens with zero attached hydrogens (tertiary/aromatic N) is 2. The van der Waals surface area contributed by atoms with Crippen molar-refractivity contribution in [3.8, 4) is 6.07 Å². The van der Waals surface area contributed by atoms with Crippen molar-refractivity contribution < 1.29 is 13.2 Å². The summed E-state index contributed by atoms with van der Waals surface area (Å²) in [6.07, 6.45) is 0.996. The van der Waals surface area contributed by atoms with Crippen molar-refractivity contribution in [3.63, 3.8) is 0 Å². The number of amides is 1. The number of halogens is 1. The third kappa shape index (κ3) is 5.21. The highest BCUT2D eigenvalue weighted by molar-refractivity contribution is 7.92. The van der Waals surface area contributed by atoms with E-state index in [-0.39, 0.29) is 13.0 Å². The molecule has 0 fully saturated rings. The van der Waals surface area contributed by atoms with Gasteiger partial charge in [0.1, 0.15) is 6.07 Å². The zero-order valence-electron chi connectivity index (χ0n) is 13.4. The lowest BCUT2D eigenvalue weighted by Gasteiger charge is -2.22. The highest BCUT2D eigenvalue weighted by Gasteiger charge is 2.19. The maximum Gasteiger partial charge on any atom is 0.232 e. The van der Waals surface area contributed by atoms with E-state index < -0.39 is 15.9 Å². The third-order valence-corrected chi connectivity index (χ3v) is 4.79. The molecule has 0 saturated heterocycles. The van der Waals surface area contributed by atoms with E-state index in [1.54, 1.807) is 42.5 Å². The van der Waals surface area contributed by atoms with Crippen molar-refractivity contribution in [3.05, 3.63) is 59.1 Å². The minimum Gasteiger partial charge on any atom is -0.325 e. The van der Waals surface area contributed by atoms with Gasteiger partial charge in [-0.25, -0.2) is 8.42 Å². The third-order valence-electron chi connectivity index (χ3n) is 3.36. The molecule has 0 heterocycles. The lowest BCUT2D eigenvalue weighted by Crippen LogP contribution is -2.33. The molecular formula is C17H16ClN3O3S. The first-order valence-electron chi connectivity index (χ1n) is 7.33. The minimum atomic E-state index is -3.57. The average molecular weight is 378 g/mol. The van der Waals surface area contributed by atoms with Crippen LogP contribution in [0.1, 0.15) is 12.0 Å². The summed E-state index contributed by atoms with van der Waals surface area (Å²) >= 11 is 5.91. The summed E-state index contributed by atoms with van der Waals surface area (Å²) in [6.45, 7) is -0.0419. The van der Waals surface area contributed by atoms with Crippen LogP contribution in [0.2, 0.25) is 5.02 Å². The molecule has 0 aliphatic rings. The zero-order chi connectivity index (χ0) is 18.4. The Kier molecular flexibility index (Phi) is 6.02. The Hall–Kier alpha value is -2.56. The van der Waals surface area contributed by atoms with E-state index in [0.717, 1.165) is 10.6 Å². The Labute approximate surface area is 151 Å². The number of benzene rings is 2. The predicted octanol–water partition coefficient (Wildman–Crippen LogP) is 3.01. The standard InChI is InChI=1S/C17H16ClN3O3S/c1-25(23,24)21(15-7-4-6-14(18)11-15)10-9-17(22)20-16-8-3-2-5-13(16)12-19/h2-8,11H,9-10H2,1H3,(H,20,22). The molecule has 0 aromatic heterocycles. The van der Waals surface area contributed by atoms with Gasteiger partial charge in [0, 0.05) is 18.0 Å². The summed E-state index contributed by atoms with van der Waals surface area (Å²) in [7, 11) is -3.57. The molecule has 6 nitrogen and oxygen atoms in total. The maximum absolute atomic E-state index is 12.1. The van der Waals surface area contributed by atoms with Crippen LogP contribution in [0.4, 0.5) is 11.4 Å². The number of nitriles is 1. The molecule has 2 aromatic rings. The largest absolute Gasteiger partial charge is 0.325 e. The molecule has 1 N–H and O–H groups in total. The van der Waals surface area contributed by atoms with Gasteiger partial charge in [0.05, 0.1) is 23.2 Å². The average Bonchev–Trinajstić information content (AvgIpc) is 2.54. The van der Waals surface area contributed by atoms with Gasteiger partial charge in [0.15, 0.2) is 0 Å². The summed E-state index contributed by atoms with van der Waals surface area (Å²) in [4.78, 5) is 12.1. The van der Waals surface area contributed by atoms with Gasteiger partial charge < -0.3 is 5.32 Å². The predicted molar refractivity (Wildman–Crippen MR) is 98.0 cm³/mol. The van der Waals surface area contributed by atoms with Crippen molar-refractivity contribution in [2.45, 2.75) is 6.42 Å². The first kappa shape index (κ1) is 18.8. The fraction of sp³-hybridized carbons (Fsp3) is 0.176. The van der Waals surface area contributed by atoms with E-state index in [4.69, 9.17) is 16.9 Å². The molecule has 2 rings (SSSR count). The minimum absolute atomic E-state index is 0.0419. The molecule has 1 amide bonds. The van der Waals surface area contributed by atoms with Crippen molar-refractivity contribution in [1.82, 2.24) is 0 Å². The fourth-order valence-corrected chi connectivity index (χ4v) is 3.33. The molecule has 0 spiro atoms. The number of carbonyl (C=O) groups is 1. The van der Waals surface area contributed by atoms with Gasteiger partial charge >= 0.3 is 0 Å². The Morgan fingerprint density at radius 1 is 1.24 bits per heavy atom. The number of para-hydroxylation sites is 1. The molecule has 0 unspecified atom stereocenters. The quantitative estimate of drug-likeness (QED) is 0.837. The van der Waals surface area contributed by atoms with E-state index in [0.29, 0.717) is 22.0 Å². The normalized spacial score (nSPS) is 10.8. The van der Waals surface area contributed by atoms with Gasteiger partial charge in [-0.3, -0.25) is 9.10 Å². The number of hydrogen-bond donors (Lipinski definition) is 1. The van der Waals surface area contributed by atoms with Crippen LogP contribution in [0.5, 0.6) is 0 Å². The summed E-state index contributed by atoms with van der Waals surface area (Å²) < 4.78 is 25.2. The van der Waals surface area contributed by atoms with Crippen LogP contribution in [0, 0.1) is 11.3 Å². The number of nitrogens with one attached hydrogen (secondary N) is 1. The molecular weight excluding hydrogens is 362 g/mol. The van der Waals surface area contributed by atoms with E-state index in [1.165, 1.54) is 6.07 Å². The smallest absolute Gasteiger partial charge is 0.232 e. The van der Waals surface area contributed by atoms with Gasteiger partial charge in [-0.2, -0.15) is 5.26 Å². The number of hydrogen-bond acceptors (Lipinski definition) is 4. The zero-order valence-corrected chi connectivity index (χ0v) is 15.0. The van der Waals surface area contributed by atoms with Gasteiger partial charge in [0.2, 0.25) is 15.9 Å². The lowest BCUT2D eigenvalue weighted by atomic mass is 10.2. The van der Waals surface area contributed by atoms with Crippen LogP contribution in [0.15, 0.2) is 48.5 Å². The Morgan fingerprint density at radius 3 is 2.60 bits per heavy atom. The lowest BCUT2D eigenvalue weighted by molar-refractivity contribution is -0.116. The van der Waals surface area contributed by atoms with E-state index >= 15 is 0 Å². The molecule has 0 atom stereocenters. The van der Waals surface area contributed by atoms with Crippen molar-refractivity contribution >= 4 is 38.9 Å². The summed E-state index contributed by atoms with van der Waals surface area (Å²) in [6, 6.07) is 15.0. The van der Waals surface area contributed by atoms with Crippen LogP contribution in [0.25, 0.3) is 0 Å². The maximum atomic E-state index is 12.1. The second-order valence-electron chi connectivity index (χ2n) is 5.27. The molecule has 0 aliphatic carbocycles. The number of sulfonamides is 1. The second kappa shape index (κ2) is 8.01. The summed E-state index contributed by atoms with van der Waals surface area (Å²) in [5.41, 5.74) is 1.12. The van der Waals surface area contributed by atoms with Crippen molar-refractivity contribution in [2.75, 3.05) is 22.4 Å². The fourth-order valence-electron chi connectivity index (χ4n) is 2.22. The number of rotatable bonds is 6. The van der Waals surface area contributed by atoms with Crippen molar-refractivity contribution in [1.29, 1.82) is 5.26 Å². The van der Waals surface area contributed by atoms with E-state index in [2.05, 4.69) is 5.32 Å². The highest BCUT2D eigenvalue weighted by atomic mass is 35.5. The topological polar surface area (TPSA) is 90.3 Å². The SMILES string of the molecule is CS(=O)(=O)N(CCC(=O)Nc1ccccc1C#N)c1cccc(Cl)c1. The van der Waals surface area contributed by atoms with Crippen LogP contribution >= 0.6 is 11.6 Å². The molecule has 0 bridgehead atoms. The van der Waals surface area contributed by atoms with Crippen LogP contribution in [-0.2, 0) is 14.8 Å². The molecule has 25 heavy (non-hydrogen) atoms. The van der Waals surface area contributed by atoms with E-state index in [9.17, 15) is 13.2 Å². The highest BCUT2D eigenvalue weighted by Crippen LogP contribution is 2.22. The molecule has 130 valence electrons.